The van der Waals surface area contributed by atoms with Gasteiger partial charge >= 0.3 is 0 Å². The molecule has 0 amide bonds. The van der Waals surface area contributed by atoms with Crippen LogP contribution in [0.2, 0.25) is 0 Å². The normalized spacial score (nSPS) is 9.65. The third-order valence-corrected chi connectivity index (χ3v) is 2.17. The van der Waals surface area contributed by atoms with Crippen LogP contribution in [0.4, 0.5) is 5.69 Å². The Kier molecular flexibility index (Phi) is 3.20. The Bertz CT molecular complexity index is 555. The highest BCUT2D eigenvalue weighted by molar-refractivity contribution is 5.72. The number of H-pyrrole nitrogens is 1. The molecule has 0 radical (unpaired) electrons. The maximum Gasteiger partial charge on any atom is 0.138 e. The second kappa shape index (κ2) is 4.98. The smallest absolute Gasteiger partial charge is 0.138 e. The fraction of sp³-hybridized carbons (Fsp3) is 0. The molecule has 2 aromatic carbocycles. The minimum absolute atomic E-state index is 0.146. The number of anilines is 1. The molecule has 0 saturated heterocycles. The number of nitrogens with zero attached hydrogens (tertiary/aromatic N) is 2. The van der Waals surface area contributed by atoms with Gasteiger partial charge in [-0.1, -0.05) is 29.5 Å². The first-order valence-electron chi connectivity index (χ1n) is 5.06. The molecule has 0 unspecified atom stereocenters. The molecule has 5 nitrogen and oxygen atoms in total. The average Bonchev–Trinajstić information content (AvgIpc) is 2.82. The largest absolute Gasteiger partial charge is 0.506 e. The molecular weight excluding hydrogens is 216 g/mol. The van der Waals surface area contributed by atoms with Crippen LogP contribution in [0, 0.1) is 0 Å². The predicted molar refractivity (Wildman–Crippen MR) is 66.4 cm³/mol. The number of aromatic nitrogens is 3. The van der Waals surface area contributed by atoms with Gasteiger partial charge in [0, 0.05) is 0 Å². The third-order valence-electron chi connectivity index (χ3n) is 2.17. The van der Waals surface area contributed by atoms with Gasteiger partial charge in [-0.3, -0.25) is 5.10 Å². The number of para-hydroxylation sites is 3. The van der Waals surface area contributed by atoms with Gasteiger partial charge in [0.15, 0.2) is 0 Å². The van der Waals surface area contributed by atoms with Gasteiger partial charge < -0.3 is 10.8 Å². The van der Waals surface area contributed by atoms with Gasteiger partial charge in [0.25, 0.3) is 0 Å². The van der Waals surface area contributed by atoms with E-state index in [2.05, 4.69) is 15.4 Å². The summed E-state index contributed by atoms with van der Waals surface area (Å²) in [5.74, 6) is 0.146. The molecule has 5 heteroatoms. The minimum Gasteiger partial charge on any atom is -0.506 e. The first-order valence-corrected chi connectivity index (χ1v) is 5.06. The number of phenols is 1. The molecule has 0 saturated carbocycles. The van der Waals surface area contributed by atoms with Crippen molar-refractivity contribution in [2.75, 3.05) is 5.73 Å². The fourth-order valence-electron chi connectivity index (χ4n) is 1.28. The Morgan fingerprint density at radius 2 is 1.71 bits per heavy atom. The Morgan fingerprint density at radius 1 is 1.00 bits per heavy atom. The zero-order valence-electron chi connectivity index (χ0n) is 9.04. The van der Waals surface area contributed by atoms with Gasteiger partial charge in [0.1, 0.15) is 11.3 Å². The van der Waals surface area contributed by atoms with Crippen molar-refractivity contribution < 1.29 is 5.11 Å². The first-order chi connectivity index (χ1) is 8.27. The van der Waals surface area contributed by atoms with Crippen molar-refractivity contribution in [3.63, 3.8) is 0 Å². The number of nitrogens with one attached hydrogen (secondary N) is 1. The summed E-state index contributed by atoms with van der Waals surface area (Å²) in [5, 5.41) is 19.0. The molecule has 0 bridgehead atoms. The molecule has 1 heterocycles. The molecule has 0 spiro atoms. The molecule has 0 aliphatic carbocycles. The van der Waals surface area contributed by atoms with E-state index in [9.17, 15) is 0 Å². The third kappa shape index (κ3) is 2.72. The van der Waals surface area contributed by atoms with E-state index >= 15 is 0 Å². The summed E-state index contributed by atoms with van der Waals surface area (Å²) >= 11 is 0. The van der Waals surface area contributed by atoms with Crippen LogP contribution in [0.5, 0.6) is 5.75 Å². The van der Waals surface area contributed by atoms with Crippen molar-refractivity contribution in [1.82, 2.24) is 15.4 Å². The number of benzene rings is 2. The lowest BCUT2D eigenvalue weighted by Crippen LogP contribution is -1.82. The molecule has 0 aliphatic heterocycles. The Hall–Kier alpha value is -2.56. The number of rotatable bonds is 0. The van der Waals surface area contributed by atoms with Crippen LogP contribution < -0.4 is 5.73 Å². The monoisotopic (exact) mass is 228 g/mol. The second-order valence-electron chi connectivity index (χ2n) is 3.39. The van der Waals surface area contributed by atoms with Gasteiger partial charge in [0.05, 0.1) is 11.2 Å². The van der Waals surface area contributed by atoms with E-state index in [1.54, 1.807) is 24.3 Å². The van der Waals surface area contributed by atoms with Crippen molar-refractivity contribution in [2.24, 2.45) is 0 Å². The zero-order chi connectivity index (χ0) is 12.1. The summed E-state index contributed by atoms with van der Waals surface area (Å²) in [5.41, 5.74) is 7.59. The topological polar surface area (TPSA) is 87.8 Å². The highest BCUT2D eigenvalue weighted by Crippen LogP contribution is 2.16. The van der Waals surface area contributed by atoms with Crippen LogP contribution in [0.25, 0.3) is 11.0 Å². The van der Waals surface area contributed by atoms with Gasteiger partial charge in [-0.2, -0.15) is 0 Å². The summed E-state index contributed by atoms with van der Waals surface area (Å²) in [6, 6.07) is 14.4. The predicted octanol–water partition coefficient (Wildman–Crippen LogP) is 1.93. The van der Waals surface area contributed by atoms with E-state index in [4.69, 9.17) is 10.8 Å². The molecular formula is C12H12N4O. The van der Waals surface area contributed by atoms with Gasteiger partial charge in [0.2, 0.25) is 0 Å². The Balaban J connectivity index is 0.000000128. The molecule has 3 rings (SSSR count). The van der Waals surface area contributed by atoms with Crippen LogP contribution in [-0.2, 0) is 0 Å². The minimum atomic E-state index is 0.146. The standard InChI is InChI=1S/C6H5N3.C6H7NO/c1-2-4-6-5(3-1)7-9-8-6;7-5-3-1-2-4-6(5)8/h1-4H,(H,7,8,9);1-4,8H,7H2. The lowest BCUT2D eigenvalue weighted by atomic mass is 10.3. The number of aromatic amines is 1. The summed E-state index contributed by atoms with van der Waals surface area (Å²) in [7, 11) is 0. The number of hydrogen-bond donors (Lipinski definition) is 3. The first kappa shape index (κ1) is 10.9. The lowest BCUT2D eigenvalue weighted by molar-refractivity contribution is 0.478. The number of aromatic hydroxyl groups is 1. The van der Waals surface area contributed by atoms with Crippen LogP contribution in [0.15, 0.2) is 48.5 Å². The van der Waals surface area contributed by atoms with Gasteiger partial charge in [-0.25, -0.2) is 0 Å². The van der Waals surface area contributed by atoms with Crippen LogP contribution in [-0.4, -0.2) is 20.5 Å². The molecule has 4 N–H and O–H groups in total. The summed E-state index contributed by atoms with van der Waals surface area (Å²) in [6.07, 6.45) is 0. The quantitative estimate of drug-likeness (QED) is 0.405. The molecule has 3 aromatic rings. The maximum atomic E-state index is 8.79. The lowest BCUT2D eigenvalue weighted by Gasteiger charge is -1.92. The van der Waals surface area contributed by atoms with Crippen molar-refractivity contribution in [2.45, 2.75) is 0 Å². The Labute approximate surface area is 97.9 Å². The van der Waals surface area contributed by atoms with E-state index in [0.717, 1.165) is 11.0 Å². The van der Waals surface area contributed by atoms with Gasteiger partial charge in [-0.15, -0.1) is 5.10 Å². The highest BCUT2D eigenvalue weighted by Gasteiger charge is 1.90. The molecule has 17 heavy (non-hydrogen) atoms. The van der Waals surface area contributed by atoms with Crippen molar-refractivity contribution in [3.05, 3.63) is 48.5 Å². The summed E-state index contributed by atoms with van der Waals surface area (Å²) in [6.45, 7) is 0. The number of nitrogen functional groups attached to an aromatic ring is 1. The molecule has 86 valence electrons. The maximum absolute atomic E-state index is 8.79. The number of phenolic OH excluding ortho intramolecular Hbond substituents is 1. The van der Waals surface area contributed by atoms with E-state index in [1.807, 2.05) is 24.3 Å². The van der Waals surface area contributed by atoms with Crippen molar-refractivity contribution >= 4 is 16.7 Å². The Morgan fingerprint density at radius 3 is 2.35 bits per heavy atom. The van der Waals surface area contributed by atoms with E-state index < -0.39 is 0 Å². The summed E-state index contributed by atoms with van der Waals surface area (Å²) in [4.78, 5) is 0. The number of hydrogen-bond acceptors (Lipinski definition) is 4. The van der Waals surface area contributed by atoms with Gasteiger partial charge in [-0.05, 0) is 24.3 Å². The molecule has 1 aromatic heterocycles. The van der Waals surface area contributed by atoms with Crippen LogP contribution in [0.3, 0.4) is 0 Å². The van der Waals surface area contributed by atoms with E-state index in [-0.39, 0.29) is 5.75 Å². The molecule has 0 aliphatic rings. The molecule has 0 atom stereocenters. The fourth-order valence-corrected chi connectivity index (χ4v) is 1.28. The molecule has 0 fully saturated rings. The van der Waals surface area contributed by atoms with Crippen LogP contribution in [0.1, 0.15) is 0 Å². The van der Waals surface area contributed by atoms with Crippen molar-refractivity contribution in [3.8, 4) is 5.75 Å². The average molecular weight is 228 g/mol. The van der Waals surface area contributed by atoms with E-state index in [1.165, 1.54) is 0 Å². The van der Waals surface area contributed by atoms with E-state index in [0.29, 0.717) is 5.69 Å². The SMILES string of the molecule is Nc1ccccc1O.c1ccc2[nH]nnc2c1. The zero-order valence-corrected chi connectivity index (χ0v) is 9.04. The number of fused-ring (bicyclic) bond motifs is 1. The highest BCUT2D eigenvalue weighted by atomic mass is 16.3. The van der Waals surface area contributed by atoms with Crippen molar-refractivity contribution in [1.29, 1.82) is 0 Å². The summed E-state index contributed by atoms with van der Waals surface area (Å²) < 4.78 is 0. The van der Waals surface area contributed by atoms with Crippen LogP contribution >= 0.6 is 0 Å². The second-order valence-corrected chi connectivity index (χ2v) is 3.39. The number of nitrogens with two attached hydrogens (primary N) is 1.